The van der Waals surface area contributed by atoms with Gasteiger partial charge in [0.15, 0.2) is 0 Å². The molecule has 2 N–H and O–H groups in total. The van der Waals surface area contributed by atoms with Crippen molar-refractivity contribution in [1.82, 2.24) is 4.98 Å². The van der Waals surface area contributed by atoms with Crippen LogP contribution in [0.3, 0.4) is 0 Å². The summed E-state index contributed by atoms with van der Waals surface area (Å²) in [4.78, 5) is 7.56. The summed E-state index contributed by atoms with van der Waals surface area (Å²) in [5.74, 6) is 0. The fraction of sp³-hybridized carbons (Fsp3) is 0.368. The molecular formula is C19H22N4OS. The Hall–Kier alpha value is -2.36. The average molecular weight is 354 g/mol. The van der Waals surface area contributed by atoms with E-state index in [-0.39, 0.29) is 6.61 Å². The van der Waals surface area contributed by atoms with Crippen molar-refractivity contribution >= 4 is 23.6 Å². The van der Waals surface area contributed by atoms with E-state index < -0.39 is 0 Å². The van der Waals surface area contributed by atoms with E-state index in [1.807, 2.05) is 6.07 Å². The van der Waals surface area contributed by atoms with Crippen molar-refractivity contribution in [2.75, 3.05) is 42.6 Å². The third kappa shape index (κ3) is 4.01. The first-order valence-corrected chi connectivity index (χ1v) is 8.95. The number of aromatic nitrogens is 1. The fourth-order valence-electron chi connectivity index (χ4n) is 3.26. The molecular weight excluding hydrogens is 332 g/mol. The molecule has 5 nitrogen and oxygen atoms in total. The van der Waals surface area contributed by atoms with Gasteiger partial charge in [-0.05, 0) is 36.6 Å². The molecule has 0 bridgehead atoms. The molecule has 0 unspecified atom stereocenters. The van der Waals surface area contributed by atoms with E-state index in [1.54, 1.807) is 6.20 Å². The van der Waals surface area contributed by atoms with E-state index in [9.17, 15) is 5.26 Å². The zero-order valence-corrected chi connectivity index (χ0v) is 14.9. The molecule has 3 rings (SSSR count). The van der Waals surface area contributed by atoms with Crippen LogP contribution >= 0.6 is 12.2 Å². The first kappa shape index (κ1) is 17.5. The Morgan fingerprint density at radius 2 is 1.80 bits per heavy atom. The average Bonchev–Trinajstić information content (AvgIpc) is 2.88. The van der Waals surface area contributed by atoms with E-state index in [0.29, 0.717) is 16.6 Å². The zero-order valence-electron chi connectivity index (χ0n) is 14.1. The van der Waals surface area contributed by atoms with Gasteiger partial charge in [-0.15, -0.1) is 0 Å². The molecule has 1 fully saturated rings. The zero-order chi connectivity index (χ0) is 17.6. The van der Waals surface area contributed by atoms with Gasteiger partial charge in [0.05, 0.1) is 5.69 Å². The van der Waals surface area contributed by atoms with Crippen LogP contribution in [0.25, 0.3) is 0 Å². The number of benzene rings is 1. The number of hydrogen-bond acceptors (Lipinski definition) is 5. The first-order valence-electron chi connectivity index (χ1n) is 8.54. The molecule has 1 aliphatic heterocycles. The summed E-state index contributed by atoms with van der Waals surface area (Å²) in [5.41, 5.74) is 3.83. The van der Waals surface area contributed by atoms with Gasteiger partial charge < -0.3 is 19.9 Å². The number of aliphatic hydroxyl groups is 1. The highest BCUT2D eigenvalue weighted by Crippen LogP contribution is 2.23. The summed E-state index contributed by atoms with van der Waals surface area (Å²) >= 11 is 5.24. The summed E-state index contributed by atoms with van der Waals surface area (Å²) in [7, 11) is 0. The number of aliphatic hydroxyl groups excluding tert-OH is 1. The van der Waals surface area contributed by atoms with Gasteiger partial charge in [0, 0.05) is 44.7 Å². The van der Waals surface area contributed by atoms with Crippen LogP contribution in [0.15, 0.2) is 36.5 Å². The number of anilines is 2. The maximum atomic E-state index is 9.41. The summed E-state index contributed by atoms with van der Waals surface area (Å²) in [6.45, 7) is 3.82. The number of nitrogens with zero attached hydrogens (tertiary/aromatic N) is 3. The lowest BCUT2D eigenvalue weighted by atomic mass is 10.1. The number of pyridine rings is 1. The Morgan fingerprint density at radius 1 is 1.08 bits per heavy atom. The van der Waals surface area contributed by atoms with Crippen LogP contribution in [-0.2, 0) is 6.42 Å². The first-order chi connectivity index (χ1) is 12.2. The van der Waals surface area contributed by atoms with E-state index in [1.165, 1.54) is 5.69 Å². The third-order valence-electron chi connectivity index (χ3n) is 4.59. The van der Waals surface area contributed by atoms with E-state index >= 15 is 0 Å². The van der Waals surface area contributed by atoms with Crippen LogP contribution < -0.4 is 9.80 Å². The highest BCUT2D eigenvalue weighted by atomic mass is 32.1. The van der Waals surface area contributed by atoms with Crippen molar-refractivity contribution in [3.05, 3.63) is 52.3 Å². The van der Waals surface area contributed by atoms with E-state index in [4.69, 9.17) is 17.3 Å². The van der Waals surface area contributed by atoms with Crippen molar-refractivity contribution in [2.45, 2.75) is 12.8 Å². The van der Waals surface area contributed by atoms with Gasteiger partial charge in [-0.3, -0.25) is 0 Å². The second kappa shape index (κ2) is 8.15. The molecule has 2 heterocycles. The second-order valence-electron chi connectivity index (χ2n) is 6.15. The van der Waals surface area contributed by atoms with Crippen molar-refractivity contribution in [3.8, 4) is 6.07 Å². The lowest BCUT2D eigenvalue weighted by Crippen LogP contribution is -2.31. The molecule has 0 amide bonds. The van der Waals surface area contributed by atoms with Crippen LogP contribution in [0.2, 0.25) is 0 Å². The highest BCUT2D eigenvalue weighted by Gasteiger charge is 2.18. The van der Waals surface area contributed by atoms with Gasteiger partial charge in [-0.25, -0.2) is 0 Å². The minimum absolute atomic E-state index is 0.179. The largest absolute Gasteiger partial charge is 0.396 e. The monoisotopic (exact) mass is 354 g/mol. The highest BCUT2D eigenvalue weighted by molar-refractivity contribution is 7.71. The maximum Gasteiger partial charge on any atom is 0.123 e. The number of aromatic amines is 1. The van der Waals surface area contributed by atoms with Gasteiger partial charge in [0.1, 0.15) is 16.3 Å². The lowest BCUT2D eigenvalue weighted by molar-refractivity contribution is 0.299. The molecule has 130 valence electrons. The number of rotatable bonds is 4. The molecule has 1 aromatic heterocycles. The molecule has 1 saturated heterocycles. The Labute approximate surface area is 153 Å². The van der Waals surface area contributed by atoms with Crippen LogP contribution in [-0.4, -0.2) is 42.9 Å². The molecule has 25 heavy (non-hydrogen) atoms. The van der Waals surface area contributed by atoms with Gasteiger partial charge in [0.2, 0.25) is 0 Å². The molecule has 6 heteroatoms. The van der Waals surface area contributed by atoms with Gasteiger partial charge in [-0.2, -0.15) is 5.26 Å². The van der Waals surface area contributed by atoms with Gasteiger partial charge in [0.25, 0.3) is 0 Å². The maximum absolute atomic E-state index is 9.41. The van der Waals surface area contributed by atoms with Crippen LogP contribution in [0, 0.1) is 16.0 Å². The Kier molecular flexibility index (Phi) is 5.69. The van der Waals surface area contributed by atoms with Crippen LogP contribution in [0.4, 0.5) is 11.4 Å². The summed E-state index contributed by atoms with van der Waals surface area (Å²) in [5, 5.41) is 18.4. The molecule has 1 aromatic carbocycles. The van der Waals surface area contributed by atoms with Gasteiger partial charge >= 0.3 is 0 Å². The lowest BCUT2D eigenvalue weighted by Gasteiger charge is -2.25. The Morgan fingerprint density at radius 3 is 2.52 bits per heavy atom. The van der Waals surface area contributed by atoms with Crippen molar-refractivity contribution in [1.29, 1.82) is 5.26 Å². The molecule has 0 radical (unpaired) electrons. The normalized spacial score (nSPS) is 14.9. The quantitative estimate of drug-likeness (QED) is 0.827. The topological polar surface area (TPSA) is 66.3 Å². The molecule has 1 aliphatic rings. The number of nitriles is 1. The molecule has 0 atom stereocenters. The number of nitrogens with one attached hydrogen (secondary N) is 1. The molecule has 0 aliphatic carbocycles. The summed E-state index contributed by atoms with van der Waals surface area (Å²) < 4.78 is 0.501. The Balaban J connectivity index is 1.74. The fourth-order valence-corrected chi connectivity index (χ4v) is 3.48. The van der Waals surface area contributed by atoms with E-state index in [2.05, 4.69) is 45.1 Å². The van der Waals surface area contributed by atoms with Crippen LogP contribution in [0.5, 0.6) is 0 Å². The minimum atomic E-state index is 0.179. The van der Waals surface area contributed by atoms with Crippen molar-refractivity contribution in [3.63, 3.8) is 0 Å². The second-order valence-corrected chi connectivity index (χ2v) is 6.55. The smallest absolute Gasteiger partial charge is 0.123 e. The third-order valence-corrected chi connectivity index (χ3v) is 4.91. The molecule has 0 spiro atoms. The van der Waals surface area contributed by atoms with Crippen molar-refractivity contribution in [2.24, 2.45) is 0 Å². The van der Waals surface area contributed by atoms with Crippen LogP contribution in [0.1, 0.15) is 17.5 Å². The van der Waals surface area contributed by atoms with Crippen molar-refractivity contribution < 1.29 is 5.11 Å². The number of H-pyrrole nitrogens is 1. The molecule has 2 aromatic rings. The Bertz CT molecular complexity index is 809. The number of hydrogen-bond donors (Lipinski definition) is 2. The SMILES string of the molecule is N#Cc1c(N2CCCN(c3ccc(CCO)cc3)CC2)cc[nH]c1=S. The molecule has 0 saturated carbocycles. The summed E-state index contributed by atoms with van der Waals surface area (Å²) in [6.07, 6.45) is 3.52. The minimum Gasteiger partial charge on any atom is -0.396 e. The standard InChI is InChI=1S/C19H22N4OS/c20-14-17-18(6-8-21-19(17)25)23-10-1-9-22(11-12-23)16-4-2-15(3-5-16)7-13-24/h2-6,8,24H,1,7,9-13H2,(H,21,25). The predicted molar refractivity (Wildman–Crippen MR) is 103 cm³/mol. The summed E-state index contributed by atoms with van der Waals surface area (Å²) in [6, 6.07) is 12.6. The van der Waals surface area contributed by atoms with Gasteiger partial charge in [-0.1, -0.05) is 24.4 Å². The predicted octanol–water partition coefficient (Wildman–Crippen LogP) is 2.87. The van der Waals surface area contributed by atoms with E-state index in [0.717, 1.165) is 43.9 Å².